The van der Waals surface area contributed by atoms with Gasteiger partial charge in [-0.3, -0.25) is 20.4 Å². The number of nitrogens with one attached hydrogen (secondary N) is 2. The zero-order valence-electron chi connectivity index (χ0n) is 11.6. The van der Waals surface area contributed by atoms with Gasteiger partial charge in [0.25, 0.3) is 5.91 Å². The lowest BCUT2D eigenvalue weighted by molar-refractivity contribution is -0.121. The minimum atomic E-state index is -0.548. The predicted octanol–water partition coefficient (Wildman–Crippen LogP) is 3.00. The lowest BCUT2D eigenvalue weighted by atomic mass is 10.2. The molecule has 5 nitrogen and oxygen atoms in total. The van der Waals surface area contributed by atoms with Crippen LogP contribution in [0.15, 0.2) is 40.2 Å². The minimum Gasteiger partial charge on any atom is -0.507 e. The van der Waals surface area contributed by atoms with Gasteiger partial charge in [-0.1, -0.05) is 12.1 Å². The first kappa shape index (κ1) is 16.5. The molecule has 0 spiro atoms. The summed E-state index contributed by atoms with van der Waals surface area (Å²) in [7, 11) is 0. The second kappa shape index (κ2) is 7.95. The number of aromatic hydroxyl groups is 1. The molecule has 0 saturated carbocycles. The molecule has 0 aliphatic rings. The molecule has 0 bridgehead atoms. The second-order valence-corrected chi connectivity index (χ2v) is 7.13. The summed E-state index contributed by atoms with van der Waals surface area (Å²) >= 11 is 5.04. The largest absolute Gasteiger partial charge is 0.507 e. The molecule has 0 fully saturated rings. The lowest BCUT2D eigenvalue weighted by Gasteiger charge is -2.08. The van der Waals surface area contributed by atoms with Crippen LogP contribution in [0, 0.1) is 0 Å². The summed E-state index contributed by atoms with van der Waals surface area (Å²) in [6, 6.07) is 10.1. The maximum atomic E-state index is 11.8. The van der Waals surface area contributed by atoms with E-state index >= 15 is 0 Å². The summed E-state index contributed by atoms with van der Waals surface area (Å²) in [6.07, 6.45) is 1.83. The molecule has 1 aromatic heterocycles. The molecular formula is C15H15BrN2O3S. The summed E-state index contributed by atoms with van der Waals surface area (Å²) in [6.45, 7) is 0. The zero-order chi connectivity index (χ0) is 15.9. The van der Waals surface area contributed by atoms with Gasteiger partial charge in [0.15, 0.2) is 0 Å². The molecule has 2 rings (SSSR count). The van der Waals surface area contributed by atoms with E-state index < -0.39 is 5.91 Å². The van der Waals surface area contributed by atoms with Gasteiger partial charge in [0.1, 0.15) is 5.75 Å². The molecular weight excluding hydrogens is 368 g/mol. The molecule has 0 saturated heterocycles. The van der Waals surface area contributed by atoms with E-state index in [1.807, 2.05) is 12.1 Å². The fourth-order valence-corrected chi connectivity index (χ4v) is 3.36. The minimum absolute atomic E-state index is 0.117. The van der Waals surface area contributed by atoms with E-state index in [1.165, 1.54) is 17.0 Å². The van der Waals surface area contributed by atoms with E-state index in [0.717, 1.165) is 10.2 Å². The highest BCUT2D eigenvalue weighted by Gasteiger charge is 2.11. The topological polar surface area (TPSA) is 78.4 Å². The number of hydrogen-bond acceptors (Lipinski definition) is 4. The van der Waals surface area contributed by atoms with Gasteiger partial charge in [0.05, 0.1) is 9.35 Å². The van der Waals surface area contributed by atoms with Gasteiger partial charge < -0.3 is 5.11 Å². The van der Waals surface area contributed by atoms with Crippen molar-refractivity contribution in [1.29, 1.82) is 0 Å². The number of para-hydroxylation sites is 1. The molecule has 22 heavy (non-hydrogen) atoms. The van der Waals surface area contributed by atoms with Crippen molar-refractivity contribution >= 4 is 39.1 Å². The number of hydrazine groups is 1. The molecule has 3 N–H and O–H groups in total. The lowest BCUT2D eigenvalue weighted by Crippen LogP contribution is -2.41. The van der Waals surface area contributed by atoms with E-state index in [-0.39, 0.29) is 17.2 Å². The Morgan fingerprint density at radius 1 is 1.14 bits per heavy atom. The summed E-state index contributed by atoms with van der Waals surface area (Å²) in [5.41, 5.74) is 4.75. The van der Waals surface area contributed by atoms with Crippen LogP contribution in [0.25, 0.3) is 0 Å². The molecule has 1 aromatic carbocycles. The Hall–Kier alpha value is -1.86. The number of aryl methyl sites for hydroxylation is 1. The maximum absolute atomic E-state index is 11.8. The third-order valence-corrected chi connectivity index (χ3v) is 4.60. The number of phenolic OH excluding ortho intramolecular Hbond substituents is 1. The molecule has 2 aromatic rings. The molecule has 0 unspecified atom stereocenters. The number of thiophene rings is 1. The van der Waals surface area contributed by atoms with Crippen molar-refractivity contribution in [3.05, 3.63) is 50.6 Å². The van der Waals surface area contributed by atoms with Gasteiger partial charge in [-0.15, -0.1) is 11.3 Å². The highest BCUT2D eigenvalue weighted by Crippen LogP contribution is 2.23. The van der Waals surface area contributed by atoms with Crippen molar-refractivity contribution in [2.45, 2.75) is 19.3 Å². The zero-order valence-corrected chi connectivity index (χ0v) is 14.0. The Labute approximate surface area is 140 Å². The Morgan fingerprint density at radius 3 is 2.59 bits per heavy atom. The standard InChI is InChI=1S/C15H15BrN2O3S/c16-13-9-8-10(22-13)4-3-7-14(20)17-18-15(21)11-5-1-2-6-12(11)19/h1-2,5-6,8-9,19H,3-4,7H2,(H,17,20)(H,18,21). The average molecular weight is 383 g/mol. The Kier molecular flexibility index (Phi) is 5.97. The third-order valence-electron chi connectivity index (χ3n) is 2.92. The van der Waals surface area contributed by atoms with Gasteiger partial charge >= 0.3 is 0 Å². The van der Waals surface area contributed by atoms with Crippen LogP contribution in [0.1, 0.15) is 28.1 Å². The first-order valence-corrected chi connectivity index (χ1v) is 8.28. The van der Waals surface area contributed by atoms with Gasteiger partial charge in [0.2, 0.25) is 5.91 Å². The fourth-order valence-electron chi connectivity index (χ4n) is 1.83. The number of benzene rings is 1. The van der Waals surface area contributed by atoms with Crippen LogP contribution in [0.4, 0.5) is 0 Å². The highest BCUT2D eigenvalue weighted by molar-refractivity contribution is 9.11. The molecule has 7 heteroatoms. The van der Waals surface area contributed by atoms with Crippen LogP contribution in [0.5, 0.6) is 5.75 Å². The number of hydrogen-bond donors (Lipinski definition) is 3. The molecule has 0 radical (unpaired) electrons. The summed E-state index contributed by atoms with van der Waals surface area (Å²) < 4.78 is 1.07. The van der Waals surface area contributed by atoms with Crippen molar-refractivity contribution in [3.63, 3.8) is 0 Å². The van der Waals surface area contributed by atoms with E-state index in [9.17, 15) is 14.7 Å². The quantitative estimate of drug-likeness (QED) is 0.695. The Balaban J connectivity index is 1.71. The number of phenols is 1. The third kappa shape index (κ3) is 4.85. The number of halogens is 1. The highest BCUT2D eigenvalue weighted by atomic mass is 79.9. The molecule has 0 aliphatic heterocycles. The van der Waals surface area contributed by atoms with Gasteiger partial charge in [-0.25, -0.2) is 0 Å². The molecule has 1 heterocycles. The average Bonchev–Trinajstić information content (AvgIpc) is 2.91. The Morgan fingerprint density at radius 2 is 1.91 bits per heavy atom. The van der Waals surface area contributed by atoms with Crippen LogP contribution in [0.2, 0.25) is 0 Å². The van der Waals surface area contributed by atoms with Crippen LogP contribution < -0.4 is 10.9 Å². The van der Waals surface area contributed by atoms with E-state index in [0.29, 0.717) is 12.8 Å². The molecule has 116 valence electrons. The van der Waals surface area contributed by atoms with E-state index in [1.54, 1.807) is 23.5 Å². The van der Waals surface area contributed by atoms with Crippen molar-refractivity contribution in [2.75, 3.05) is 0 Å². The number of carbonyl (C=O) groups excluding carboxylic acids is 2. The normalized spacial score (nSPS) is 10.2. The van der Waals surface area contributed by atoms with Crippen LogP contribution >= 0.6 is 27.3 Å². The van der Waals surface area contributed by atoms with Crippen LogP contribution in [0.3, 0.4) is 0 Å². The predicted molar refractivity (Wildman–Crippen MR) is 88.7 cm³/mol. The monoisotopic (exact) mass is 382 g/mol. The molecule has 2 amide bonds. The fraction of sp³-hybridized carbons (Fsp3) is 0.200. The number of amides is 2. The molecule has 0 atom stereocenters. The van der Waals surface area contributed by atoms with Crippen LogP contribution in [-0.4, -0.2) is 16.9 Å². The Bertz CT molecular complexity index is 672. The maximum Gasteiger partial charge on any atom is 0.273 e. The van der Waals surface area contributed by atoms with Crippen molar-refractivity contribution in [3.8, 4) is 5.75 Å². The number of rotatable bonds is 5. The molecule has 0 aliphatic carbocycles. The van der Waals surface area contributed by atoms with Gasteiger partial charge in [-0.05, 0) is 53.0 Å². The first-order valence-electron chi connectivity index (χ1n) is 6.67. The number of carbonyl (C=O) groups is 2. The van der Waals surface area contributed by atoms with Gasteiger partial charge in [0, 0.05) is 11.3 Å². The van der Waals surface area contributed by atoms with Gasteiger partial charge in [-0.2, -0.15) is 0 Å². The van der Waals surface area contributed by atoms with Crippen molar-refractivity contribution in [2.24, 2.45) is 0 Å². The SMILES string of the molecule is O=C(CCCc1ccc(Br)s1)NNC(=O)c1ccccc1O. The summed E-state index contributed by atoms with van der Waals surface area (Å²) in [5.74, 6) is -0.939. The van der Waals surface area contributed by atoms with Crippen LogP contribution in [-0.2, 0) is 11.2 Å². The summed E-state index contributed by atoms with van der Waals surface area (Å²) in [5, 5.41) is 9.54. The smallest absolute Gasteiger partial charge is 0.273 e. The van der Waals surface area contributed by atoms with Crippen molar-refractivity contribution < 1.29 is 14.7 Å². The second-order valence-electron chi connectivity index (χ2n) is 4.58. The van der Waals surface area contributed by atoms with E-state index in [4.69, 9.17) is 0 Å². The van der Waals surface area contributed by atoms with Crippen molar-refractivity contribution in [1.82, 2.24) is 10.9 Å². The summed E-state index contributed by atoms with van der Waals surface area (Å²) in [4.78, 5) is 24.6. The first-order chi connectivity index (χ1) is 10.6. The van der Waals surface area contributed by atoms with E-state index in [2.05, 4.69) is 26.8 Å².